The maximum absolute atomic E-state index is 13.9. The molecule has 6 heteroatoms. The highest BCUT2D eigenvalue weighted by molar-refractivity contribution is 7.86. The van der Waals surface area contributed by atoms with E-state index in [-0.39, 0.29) is 17.2 Å². The number of benzene rings is 1. The third kappa shape index (κ3) is 4.59. The van der Waals surface area contributed by atoms with Crippen LogP contribution in [0.2, 0.25) is 0 Å². The third-order valence-electron chi connectivity index (χ3n) is 4.40. The molecule has 0 N–H and O–H groups in total. The van der Waals surface area contributed by atoms with Gasteiger partial charge >= 0.3 is 0 Å². The van der Waals surface area contributed by atoms with E-state index >= 15 is 0 Å². The maximum Gasteiger partial charge on any atom is 0.235 e. The number of carbonyl (C=O) groups excluding carboxylic acids is 1. The lowest BCUT2D eigenvalue weighted by Gasteiger charge is -2.30. The fraction of sp³-hybridized carbons (Fsp3) is 0.588. The molecule has 1 aliphatic rings. The first-order chi connectivity index (χ1) is 10.9. The number of hydrogen-bond acceptors (Lipinski definition) is 2. The molecular formula is C17H23F2NO2S. The lowest BCUT2D eigenvalue weighted by atomic mass is 9.99. The summed E-state index contributed by atoms with van der Waals surface area (Å²) < 4.78 is 39.5. The number of carbonyl (C=O) groups is 1. The second kappa shape index (κ2) is 7.99. The predicted molar refractivity (Wildman–Crippen MR) is 87.4 cm³/mol. The summed E-state index contributed by atoms with van der Waals surface area (Å²) in [4.78, 5) is 14.0. The zero-order chi connectivity index (χ0) is 17.0. The van der Waals surface area contributed by atoms with E-state index in [1.165, 1.54) is 6.07 Å². The molecule has 0 radical (unpaired) electrons. The van der Waals surface area contributed by atoms with Gasteiger partial charge in [0.1, 0.15) is 17.4 Å². The predicted octanol–water partition coefficient (Wildman–Crippen LogP) is 3.42. The van der Waals surface area contributed by atoms with Crippen LogP contribution in [0, 0.1) is 17.6 Å². The van der Waals surface area contributed by atoms with Gasteiger partial charge in [0.25, 0.3) is 0 Å². The number of piperidine rings is 1. The molecule has 3 nitrogen and oxygen atoms in total. The molecule has 2 atom stereocenters. The zero-order valence-corrected chi connectivity index (χ0v) is 14.4. The summed E-state index contributed by atoms with van der Waals surface area (Å²) in [5.74, 6) is -1.00. The average molecular weight is 343 g/mol. The SMILES string of the molecule is CC[C@H](c1ccc(F)cc1F)[S@](=O)CC(=O)N1CCC(C)CC1. The van der Waals surface area contributed by atoms with Gasteiger partial charge in [-0.3, -0.25) is 9.00 Å². The molecule has 0 aromatic heterocycles. The highest BCUT2D eigenvalue weighted by Gasteiger charge is 2.26. The van der Waals surface area contributed by atoms with E-state index in [9.17, 15) is 17.8 Å². The molecule has 1 aromatic carbocycles. The first kappa shape index (κ1) is 18.0. The molecule has 0 saturated carbocycles. The van der Waals surface area contributed by atoms with Crippen LogP contribution in [0.5, 0.6) is 0 Å². The molecule has 128 valence electrons. The summed E-state index contributed by atoms with van der Waals surface area (Å²) in [7, 11) is -1.52. The fourth-order valence-electron chi connectivity index (χ4n) is 2.88. The monoisotopic (exact) mass is 343 g/mol. The number of amides is 1. The second-order valence-corrected chi connectivity index (χ2v) is 7.77. The number of halogens is 2. The Balaban J connectivity index is 2.03. The lowest BCUT2D eigenvalue weighted by Crippen LogP contribution is -2.40. The van der Waals surface area contributed by atoms with Gasteiger partial charge in [-0.15, -0.1) is 0 Å². The van der Waals surface area contributed by atoms with Crippen molar-refractivity contribution < 1.29 is 17.8 Å². The van der Waals surface area contributed by atoms with Crippen LogP contribution in [0.4, 0.5) is 8.78 Å². The molecule has 1 aliphatic heterocycles. The Morgan fingerprint density at radius 3 is 2.57 bits per heavy atom. The van der Waals surface area contributed by atoms with Crippen molar-refractivity contribution in [3.63, 3.8) is 0 Å². The average Bonchev–Trinajstić information content (AvgIpc) is 2.50. The first-order valence-corrected chi connectivity index (χ1v) is 9.40. The van der Waals surface area contributed by atoms with Crippen molar-refractivity contribution in [3.05, 3.63) is 35.4 Å². The summed E-state index contributed by atoms with van der Waals surface area (Å²) in [5, 5.41) is -0.594. The van der Waals surface area contributed by atoms with Crippen LogP contribution in [0.25, 0.3) is 0 Å². The topological polar surface area (TPSA) is 37.4 Å². The standard InChI is InChI=1S/C17H23F2NO2S/c1-3-16(14-5-4-13(18)10-15(14)19)23(22)11-17(21)20-8-6-12(2)7-9-20/h4-5,10,12,16H,3,6-9,11H2,1-2H3/t16-,23-/m1/s1. The molecule has 1 saturated heterocycles. The molecule has 0 aliphatic carbocycles. The molecule has 0 unspecified atom stereocenters. The molecule has 2 rings (SSSR count). The molecule has 23 heavy (non-hydrogen) atoms. The molecule has 1 amide bonds. The van der Waals surface area contributed by atoms with Gasteiger partial charge in [0.2, 0.25) is 5.91 Å². The maximum atomic E-state index is 13.9. The molecule has 1 fully saturated rings. The molecule has 1 aromatic rings. The minimum atomic E-state index is -1.52. The van der Waals surface area contributed by atoms with E-state index in [0.29, 0.717) is 25.4 Å². The van der Waals surface area contributed by atoms with Crippen molar-refractivity contribution in [1.29, 1.82) is 0 Å². The normalized spacial score (nSPS) is 18.7. The Kier molecular flexibility index (Phi) is 6.27. The minimum Gasteiger partial charge on any atom is -0.342 e. The Bertz CT molecular complexity index is 586. The van der Waals surface area contributed by atoms with Gasteiger partial charge in [-0.05, 0) is 31.2 Å². The van der Waals surface area contributed by atoms with Crippen molar-refractivity contribution in [2.75, 3.05) is 18.8 Å². The number of likely N-dealkylation sites (tertiary alicyclic amines) is 1. The van der Waals surface area contributed by atoms with E-state index in [2.05, 4.69) is 6.92 Å². The summed E-state index contributed by atoms with van der Waals surface area (Å²) >= 11 is 0. The van der Waals surface area contributed by atoms with Crippen molar-refractivity contribution in [1.82, 2.24) is 4.90 Å². The first-order valence-electron chi connectivity index (χ1n) is 8.02. The zero-order valence-electron chi connectivity index (χ0n) is 13.6. The lowest BCUT2D eigenvalue weighted by molar-refractivity contribution is -0.129. The number of rotatable bonds is 5. The van der Waals surface area contributed by atoms with Crippen LogP contribution in [0.1, 0.15) is 43.9 Å². The highest BCUT2D eigenvalue weighted by atomic mass is 32.2. The van der Waals surface area contributed by atoms with Crippen molar-refractivity contribution in [2.24, 2.45) is 5.92 Å². The Morgan fingerprint density at radius 2 is 2.00 bits per heavy atom. The van der Waals surface area contributed by atoms with E-state index in [1.54, 1.807) is 11.8 Å². The number of nitrogens with zero attached hydrogens (tertiary/aromatic N) is 1. The summed E-state index contributed by atoms with van der Waals surface area (Å²) in [6, 6.07) is 3.28. The van der Waals surface area contributed by atoms with E-state index in [0.717, 1.165) is 25.0 Å². The molecular weight excluding hydrogens is 320 g/mol. The fourth-order valence-corrected chi connectivity index (χ4v) is 4.35. The Morgan fingerprint density at radius 1 is 1.35 bits per heavy atom. The van der Waals surface area contributed by atoms with E-state index < -0.39 is 27.7 Å². The Hall–Kier alpha value is -1.30. The smallest absolute Gasteiger partial charge is 0.235 e. The van der Waals surface area contributed by atoms with Crippen molar-refractivity contribution >= 4 is 16.7 Å². The van der Waals surface area contributed by atoms with E-state index in [1.807, 2.05) is 0 Å². The van der Waals surface area contributed by atoms with Crippen molar-refractivity contribution in [2.45, 2.75) is 38.4 Å². The second-order valence-electron chi connectivity index (χ2n) is 6.15. The van der Waals surface area contributed by atoms with Crippen LogP contribution in [0.3, 0.4) is 0 Å². The van der Waals surface area contributed by atoms with Gasteiger partial charge in [-0.2, -0.15) is 0 Å². The van der Waals surface area contributed by atoms with Gasteiger partial charge in [-0.25, -0.2) is 8.78 Å². The minimum absolute atomic E-state index is 0.107. The van der Waals surface area contributed by atoms with Gasteiger partial charge in [0.05, 0.1) is 5.25 Å². The molecule has 0 spiro atoms. The number of hydrogen-bond donors (Lipinski definition) is 0. The quantitative estimate of drug-likeness (QED) is 0.821. The van der Waals surface area contributed by atoms with Crippen LogP contribution in [-0.2, 0) is 15.6 Å². The van der Waals surface area contributed by atoms with E-state index in [4.69, 9.17) is 0 Å². The largest absolute Gasteiger partial charge is 0.342 e. The van der Waals surface area contributed by atoms with Gasteiger partial charge in [0.15, 0.2) is 0 Å². The van der Waals surface area contributed by atoms with Gasteiger partial charge in [-0.1, -0.05) is 19.9 Å². The summed E-state index contributed by atoms with van der Waals surface area (Å²) in [6.07, 6.45) is 2.35. The van der Waals surface area contributed by atoms with Crippen molar-refractivity contribution in [3.8, 4) is 0 Å². The van der Waals surface area contributed by atoms with Crippen LogP contribution < -0.4 is 0 Å². The summed E-state index contributed by atoms with van der Waals surface area (Å²) in [6.45, 7) is 5.33. The summed E-state index contributed by atoms with van der Waals surface area (Å²) in [5.41, 5.74) is 0.215. The van der Waals surface area contributed by atoms with Crippen LogP contribution in [0.15, 0.2) is 18.2 Å². The van der Waals surface area contributed by atoms with Crippen LogP contribution in [-0.4, -0.2) is 33.9 Å². The Labute approximate surface area is 138 Å². The van der Waals surface area contributed by atoms with Crippen LogP contribution >= 0.6 is 0 Å². The van der Waals surface area contributed by atoms with Gasteiger partial charge in [0, 0.05) is 35.5 Å². The highest BCUT2D eigenvalue weighted by Crippen LogP contribution is 2.27. The van der Waals surface area contributed by atoms with Gasteiger partial charge < -0.3 is 4.90 Å². The molecule has 0 bridgehead atoms. The molecule has 1 heterocycles. The third-order valence-corrected chi connectivity index (χ3v) is 6.15.